The highest BCUT2D eigenvalue weighted by Crippen LogP contribution is 2.45. The van der Waals surface area contributed by atoms with Crippen molar-refractivity contribution >= 4 is 11.9 Å². The maximum atomic E-state index is 11.6. The lowest BCUT2D eigenvalue weighted by Gasteiger charge is -2.11. The van der Waals surface area contributed by atoms with Crippen molar-refractivity contribution in [3.63, 3.8) is 0 Å². The first-order valence-electron chi connectivity index (χ1n) is 5.73. The smallest absolute Gasteiger partial charge is 0.328 e. The first-order chi connectivity index (χ1) is 8.93. The highest BCUT2D eigenvalue weighted by Gasteiger charge is 2.50. The Balaban J connectivity index is 1.93. The summed E-state index contributed by atoms with van der Waals surface area (Å²) >= 11 is 0. The van der Waals surface area contributed by atoms with Gasteiger partial charge in [-0.25, -0.2) is 4.79 Å². The molecule has 1 aliphatic rings. The molecule has 0 unspecified atom stereocenters. The molecule has 102 valence electrons. The largest absolute Gasteiger partial charge is 0.481 e. The van der Waals surface area contributed by atoms with Gasteiger partial charge in [-0.2, -0.15) is 0 Å². The molecule has 0 bridgehead atoms. The first-order valence-corrected chi connectivity index (χ1v) is 5.73. The zero-order valence-electron chi connectivity index (χ0n) is 10.0. The second-order valence-corrected chi connectivity index (χ2v) is 4.60. The fourth-order valence-corrected chi connectivity index (χ4v) is 1.66. The van der Waals surface area contributed by atoms with Gasteiger partial charge in [-0.15, -0.1) is 0 Å². The average molecular weight is 267 g/mol. The number of H-pyrrole nitrogens is 1. The minimum absolute atomic E-state index is 0.0548. The van der Waals surface area contributed by atoms with Gasteiger partial charge in [-0.3, -0.25) is 23.9 Å². The van der Waals surface area contributed by atoms with Crippen LogP contribution in [-0.4, -0.2) is 33.1 Å². The molecule has 1 heterocycles. The van der Waals surface area contributed by atoms with Crippen LogP contribution in [0.5, 0.6) is 0 Å². The van der Waals surface area contributed by atoms with Gasteiger partial charge in [0, 0.05) is 18.8 Å². The number of hydrogen-bond donors (Lipinski definition) is 3. The van der Waals surface area contributed by atoms with Crippen LogP contribution in [0.2, 0.25) is 0 Å². The maximum Gasteiger partial charge on any atom is 0.328 e. The van der Waals surface area contributed by atoms with Crippen LogP contribution in [0.15, 0.2) is 21.9 Å². The number of carbonyl (C=O) groups excluding carboxylic acids is 1. The summed E-state index contributed by atoms with van der Waals surface area (Å²) in [6.07, 6.45) is 2.30. The van der Waals surface area contributed by atoms with E-state index in [1.807, 2.05) is 4.98 Å². The number of carbonyl (C=O) groups is 2. The van der Waals surface area contributed by atoms with E-state index in [0.717, 1.165) is 10.6 Å². The van der Waals surface area contributed by atoms with Crippen molar-refractivity contribution in [2.75, 3.05) is 6.54 Å². The van der Waals surface area contributed by atoms with E-state index in [9.17, 15) is 19.2 Å². The van der Waals surface area contributed by atoms with E-state index in [-0.39, 0.29) is 13.1 Å². The molecule has 0 aliphatic heterocycles. The van der Waals surface area contributed by atoms with Gasteiger partial charge in [0.15, 0.2) is 0 Å². The van der Waals surface area contributed by atoms with Crippen molar-refractivity contribution in [2.24, 2.45) is 5.41 Å². The lowest BCUT2D eigenvalue weighted by molar-refractivity contribution is -0.143. The predicted molar refractivity (Wildman–Crippen MR) is 63.6 cm³/mol. The van der Waals surface area contributed by atoms with Gasteiger partial charge in [-0.05, 0) is 12.8 Å². The van der Waals surface area contributed by atoms with Gasteiger partial charge < -0.3 is 10.4 Å². The summed E-state index contributed by atoms with van der Waals surface area (Å²) in [7, 11) is 0. The van der Waals surface area contributed by atoms with Gasteiger partial charge in [0.25, 0.3) is 5.56 Å². The average Bonchev–Trinajstić information content (AvgIpc) is 3.11. The second kappa shape index (κ2) is 4.71. The number of hydrogen-bond acceptors (Lipinski definition) is 4. The van der Waals surface area contributed by atoms with Crippen LogP contribution in [0, 0.1) is 5.41 Å². The molecule has 8 heteroatoms. The summed E-state index contributed by atoms with van der Waals surface area (Å²) in [5.41, 5.74) is -2.06. The Bertz CT molecular complexity index is 626. The van der Waals surface area contributed by atoms with Crippen LogP contribution in [-0.2, 0) is 16.1 Å². The minimum Gasteiger partial charge on any atom is -0.481 e. The van der Waals surface area contributed by atoms with E-state index in [1.54, 1.807) is 0 Å². The molecule has 1 fully saturated rings. The first kappa shape index (κ1) is 13.1. The molecule has 0 radical (unpaired) electrons. The van der Waals surface area contributed by atoms with E-state index in [0.29, 0.717) is 12.8 Å². The molecule has 0 spiro atoms. The normalized spacial score (nSPS) is 15.8. The highest BCUT2D eigenvalue weighted by molar-refractivity contribution is 5.80. The topological polar surface area (TPSA) is 121 Å². The summed E-state index contributed by atoms with van der Waals surface area (Å²) in [5.74, 6) is -1.39. The van der Waals surface area contributed by atoms with Crippen LogP contribution >= 0.6 is 0 Å². The van der Waals surface area contributed by atoms with Crippen molar-refractivity contribution in [3.8, 4) is 0 Å². The second-order valence-electron chi connectivity index (χ2n) is 4.60. The molecule has 19 heavy (non-hydrogen) atoms. The Labute approximate surface area is 107 Å². The van der Waals surface area contributed by atoms with E-state index >= 15 is 0 Å². The molecule has 2 rings (SSSR count). The number of aromatic amines is 1. The molecular weight excluding hydrogens is 254 g/mol. The Hall–Kier alpha value is -2.38. The summed E-state index contributed by atoms with van der Waals surface area (Å²) in [5, 5.41) is 11.4. The predicted octanol–water partition coefficient (Wildman–Crippen LogP) is -1.48. The van der Waals surface area contributed by atoms with Crippen molar-refractivity contribution in [3.05, 3.63) is 33.1 Å². The lowest BCUT2D eigenvalue weighted by Crippen LogP contribution is -2.39. The van der Waals surface area contributed by atoms with Crippen molar-refractivity contribution < 1.29 is 14.7 Å². The molecule has 0 aromatic carbocycles. The fourth-order valence-electron chi connectivity index (χ4n) is 1.66. The number of nitrogens with zero attached hydrogens (tertiary/aromatic N) is 1. The third-order valence-electron chi connectivity index (χ3n) is 3.14. The standard InChI is InChI=1S/C11H13N3O5/c15-7-1-4-14(10(19)13-7)5-8(16)12-6-11(2-3-11)9(17)18/h1,4H,2-3,5-6H2,(H,12,16)(H,17,18)(H,13,15,19). The van der Waals surface area contributed by atoms with Crippen molar-refractivity contribution in [2.45, 2.75) is 19.4 Å². The maximum absolute atomic E-state index is 11.6. The molecule has 0 saturated heterocycles. The molecular formula is C11H13N3O5. The third-order valence-corrected chi connectivity index (χ3v) is 3.14. The third kappa shape index (κ3) is 2.90. The van der Waals surface area contributed by atoms with Crippen LogP contribution in [0.4, 0.5) is 0 Å². The SMILES string of the molecule is O=C(Cn1ccc(=O)[nH]c1=O)NCC1(C(=O)O)CC1. The summed E-state index contributed by atoms with van der Waals surface area (Å²) < 4.78 is 1.04. The Morgan fingerprint density at radius 1 is 1.42 bits per heavy atom. The van der Waals surface area contributed by atoms with E-state index in [4.69, 9.17) is 5.11 Å². The van der Waals surface area contributed by atoms with E-state index in [1.165, 1.54) is 6.20 Å². The number of carboxylic acid groups (broad SMARTS) is 1. The van der Waals surface area contributed by atoms with Crippen molar-refractivity contribution in [1.82, 2.24) is 14.9 Å². The zero-order valence-corrected chi connectivity index (χ0v) is 10.0. The van der Waals surface area contributed by atoms with Gasteiger partial charge in [0.05, 0.1) is 5.41 Å². The molecule has 1 aromatic rings. The summed E-state index contributed by atoms with van der Waals surface area (Å²) in [6.45, 7) is -0.204. The Kier molecular flexibility index (Phi) is 3.24. The summed E-state index contributed by atoms with van der Waals surface area (Å²) in [6, 6.07) is 1.13. The van der Waals surface area contributed by atoms with E-state index in [2.05, 4.69) is 5.32 Å². The number of aliphatic carboxylic acids is 1. The molecule has 0 atom stereocenters. The molecule has 1 aliphatic carbocycles. The number of carboxylic acids is 1. The zero-order chi connectivity index (χ0) is 14.0. The van der Waals surface area contributed by atoms with Crippen LogP contribution in [0.25, 0.3) is 0 Å². The van der Waals surface area contributed by atoms with Crippen LogP contribution < -0.4 is 16.6 Å². The fraction of sp³-hybridized carbons (Fsp3) is 0.455. The van der Waals surface area contributed by atoms with Crippen LogP contribution in [0.3, 0.4) is 0 Å². The quantitative estimate of drug-likeness (QED) is 0.600. The van der Waals surface area contributed by atoms with Gasteiger partial charge >= 0.3 is 11.7 Å². The lowest BCUT2D eigenvalue weighted by atomic mass is 10.1. The van der Waals surface area contributed by atoms with Crippen LogP contribution in [0.1, 0.15) is 12.8 Å². The monoisotopic (exact) mass is 267 g/mol. The molecule has 1 saturated carbocycles. The van der Waals surface area contributed by atoms with E-state index < -0.39 is 28.5 Å². The molecule has 1 aromatic heterocycles. The summed E-state index contributed by atoms with van der Waals surface area (Å²) in [4.78, 5) is 46.7. The van der Waals surface area contributed by atoms with Gasteiger partial charge in [0.2, 0.25) is 5.91 Å². The number of aromatic nitrogens is 2. The molecule has 8 nitrogen and oxygen atoms in total. The van der Waals surface area contributed by atoms with Crippen molar-refractivity contribution in [1.29, 1.82) is 0 Å². The Morgan fingerprint density at radius 3 is 2.63 bits per heavy atom. The molecule has 3 N–H and O–H groups in total. The minimum atomic E-state index is -0.922. The highest BCUT2D eigenvalue weighted by atomic mass is 16.4. The van der Waals surface area contributed by atoms with Gasteiger partial charge in [0.1, 0.15) is 6.54 Å². The Morgan fingerprint density at radius 2 is 2.11 bits per heavy atom. The number of nitrogens with one attached hydrogen (secondary N) is 2. The van der Waals surface area contributed by atoms with Gasteiger partial charge in [-0.1, -0.05) is 0 Å². The molecule has 1 amide bonds. The number of rotatable bonds is 5. The number of amides is 1.